The Morgan fingerprint density at radius 3 is 3.15 bits per heavy atom. The number of carbonyl (C=O) groups excluding carboxylic acids is 1. The molecular formula is C9H9NO3. The number of hydrogen-bond acceptors (Lipinski definition) is 3. The summed E-state index contributed by atoms with van der Waals surface area (Å²) in [7, 11) is 1.57. The highest BCUT2D eigenvalue weighted by Gasteiger charge is 2.17. The van der Waals surface area contributed by atoms with Gasteiger partial charge in [0.15, 0.2) is 6.73 Å². The van der Waals surface area contributed by atoms with Crippen LogP contribution in [0, 0.1) is 0 Å². The Bertz CT molecular complexity index is 349. The summed E-state index contributed by atoms with van der Waals surface area (Å²) in [6, 6.07) is 5.11. The van der Waals surface area contributed by atoms with E-state index >= 15 is 0 Å². The Balaban J connectivity index is 2.45. The molecule has 4 heteroatoms. The fourth-order valence-corrected chi connectivity index (χ4v) is 1.21. The first-order chi connectivity index (χ1) is 6.31. The maximum absolute atomic E-state index is 11.3. The van der Waals surface area contributed by atoms with Crippen LogP contribution in [0.5, 0.6) is 11.5 Å². The molecule has 1 amide bonds. The summed E-state index contributed by atoms with van der Waals surface area (Å²) in [5, 5.41) is 2.57. The molecule has 68 valence electrons. The monoisotopic (exact) mass is 179 g/mol. The van der Waals surface area contributed by atoms with E-state index < -0.39 is 0 Å². The van der Waals surface area contributed by atoms with E-state index in [1.165, 1.54) is 0 Å². The second-order valence-electron chi connectivity index (χ2n) is 2.66. The van der Waals surface area contributed by atoms with Crippen LogP contribution in [-0.2, 0) is 0 Å². The molecule has 4 nitrogen and oxygen atoms in total. The number of methoxy groups -OCH3 is 1. The second kappa shape index (κ2) is 2.97. The van der Waals surface area contributed by atoms with Crippen LogP contribution in [0.2, 0.25) is 0 Å². The van der Waals surface area contributed by atoms with Crippen molar-refractivity contribution in [1.29, 1.82) is 0 Å². The van der Waals surface area contributed by atoms with Gasteiger partial charge in [0, 0.05) is 6.07 Å². The summed E-state index contributed by atoms with van der Waals surface area (Å²) >= 11 is 0. The third-order valence-electron chi connectivity index (χ3n) is 1.89. The number of nitrogens with one attached hydrogen (secondary N) is 1. The molecule has 1 aromatic carbocycles. The van der Waals surface area contributed by atoms with Gasteiger partial charge in [0.25, 0.3) is 5.91 Å². The van der Waals surface area contributed by atoms with E-state index in [1.807, 2.05) is 0 Å². The molecule has 1 aliphatic heterocycles. The zero-order valence-corrected chi connectivity index (χ0v) is 7.16. The molecule has 0 atom stereocenters. The molecule has 0 fully saturated rings. The SMILES string of the molecule is COc1ccc2c(c1)OCNC2=O. The average Bonchev–Trinajstić information content (AvgIpc) is 2.18. The minimum absolute atomic E-state index is 0.107. The summed E-state index contributed by atoms with van der Waals surface area (Å²) in [4.78, 5) is 11.3. The number of fused-ring (bicyclic) bond motifs is 1. The lowest BCUT2D eigenvalue weighted by molar-refractivity contribution is 0.0883. The first kappa shape index (κ1) is 7.91. The van der Waals surface area contributed by atoms with E-state index in [0.717, 1.165) is 0 Å². The van der Waals surface area contributed by atoms with Gasteiger partial charge in [0.1, 0.15) is 11.5 Å². The fourth-order valence-electron chi connectivity index (χ4n) is 1.21. The molecule has 0 aliphatic carbocycles. The first-order valence-corrected chi connectivity index (χ1v) is 3.90. The smallest absolute Gasteiger partial charge is 0.257 e. The molecule has 1 N–H and O–H groups in total. The van der Waals surface area contributed by atoms with Gasteiger partial charge in [-0.3, -0.25) is 4.79 Å². The number of benzene rings is 1. The molecule has 1 aromatic rings. The largest absolute Gasteiger partial charge is 0.497 e. The summed E-state index contributed by atoms with van der Waals surface area (Å²) < 4.78 is 10.2. The quantitative estimate of drug-likeness (QED) is 0.692. The van der Waals surface area contributed by atoms with Gasteiger partial charge in [0.05, 0.1) is 12.7 Å². The number of carbonyl (C=O) groups is 1. The van der Waals surface area contributed by atoms with Gasteiger partial charge in [0.2, 0.25) is 0 Å². The van der Waals surface area contributed by atoms with Crippen molar-refractivity contribution >= 4 is 5.91 Å². The van der Waals surface area contributed by atoms with Crippen molar-refractivity contribution in [2.75, 3.05) is 13.8 Å². The zero-order valence-electron chi connectivity index (χ0n) is 7.16. The molecule has 1 heterocycles. The van der Waals surface area contributed by atoms with Crippen LogP contribution < -0.4 is 14.8 Å². The molecule has 2 rings (SSSR count). The highest BCUT2D eigenvalue weighted by atomic mass is 16.5. The summed E-state index contributed by atoms with van der Waals surface area (Å²) in [6.07, 6.45) is 0. The van der Waals surface area contributed by atoms with Crippen molar-refractivity contribution in [3.05, 3.63) is 23.8 Å². The summed E-state index contributed by atoms with van der Waals surface area (Å²) in [6.45, 7) is 0.221. The van der Waals surface area contributed by atoms with Gasteiger partial charge in [-0.2, -0.15) is 0 Å². The topological polar surface area (TPSA) is 47.6 Å². The van der Waals surface area contributed by atoms with Crippen molar-refractivity contribution in [2.24, 2.45) is 0 Å². The van der Waals surface area contributed by atoms with Crippen LogP contribution in [-0.4, -0.2) is 19.7 Å². The minimum Gasteiger partial charge on any atom is -0.497 e. The third-order valence-corrected chi connectivity index (χ3v) is 1.89. The Morgan fingerprint density at radius 1 is 1.54 bits per heavy atom. The van der Waals surface area contributed by atoms with Crippen LogP contribution in [0.4, 0.5) is 0 Å². The lowest BCUT2D eigenvalue weighted by Crippen LogP contribution is -2.32. The first-order valence-electron chi connectivity index (χ1n) is 3.90. The second-order valence-corrected chi connectivity index (χ2v) is 2.66. The Hall–Kier alpha value is -1.71. The predicted molar refractivity (Wildman–Crippen MR) is 46.0 cm³/mol. The maximum Gasteiger partial charge on any atom is 0.257 e. The Labute approximate surface area is 75.5 Å². The van der Waals surface area contributed by atoms with Crippen molar-refractivity contribution in [1.82, 2.24) is 5.32 Å². The lowest BCUT2D eigenvalue weighted by atomic mass is 10.1. The van der Waals surface area contributed by atoms with Crippen molar-refractivity contribution in [2.45, 2.75) is 0 Å². The van der Waals surface area contributed by atoms with Gasteiger partial charge in [-0.05, 0) is 12.1 Å². The molecule has 0 radical (unpaired) electrons. The van der Waals surface area contributed by atoms with Gasteiger partial charge in [-0.1, -0.05) is 0 Å². The van der Waals surface area contributed by atoms with Crippen LogP contribution in [0.1, 0.15) is 10.4 Å². The molecule has 0 saturated heterocycles. The normalized spacial score (nSPS) is 14.1. The molecule has 0 unspecified atom stereocenters. The van der Waals surface area contributed by atoms with Crippen molar-refractivity contribution in [3.8, 4) is 11.5 Å². The van der Waals surface area contributed by atoms with Crippen LogP contribution in [0.3, 0.4) is 0 Å². The number of amides is 1. The molecule has 0 aromatic heterocycles. The molecule has 1 aliphatic rings. The van der Waals surface area contributed by atoms with E-state index in [9.17, 15) is 4.79 Å². The van der Waals surface area contributed by atoms with E-state index in [2.05, 4.69) is 5.32 Å². The standard InChI is InChI=1S/C9H9NO3/c1-12-6-2-3-7-8(4-6)13-5-10-9(7)11/h2-4H,5H2,1H3,(H,10,11). The van der Waals surface area contributed by atoms with Crippen LogP contribution in [0.25, 0.3) is 0 Å². The van der Waals surface area contributed by atoms with E-state index in [1.54, 1.807) is 25.3 Å². The molecule has 13 heavy (non-hydrogen) atoms. The average molecular weight is 179 g/mol. The van der Waals surface area contributed by atoms with Crippen LogP contribution >= 0.6 is 0 Å². The molecule has 0 bridgehead atoms. The van der Waals surface area contributed by atoms with Crippen molar-refractivity contribution < 1.29 is 14.3 Å². The van der Waals surface area contributed by atoms with Crippen LogP contribution in [0.15, 0.2) is 18.2 Å². The number of ether oxygens (including phenoxy) is 2. The van der Waals surface area contributed by atoms with Gasteiger partial charge >= 0.3 is 0 Å². The van der Waals surface area contributed by atoms with E-state index in [4.69, 9.17) is 9.47 Å². The van der Waals surface area contributed by atoms with E-state index in [-0.39, 0.29) is 12.6 Å². The molecule has 0 spiro atoms. The molecular weight excluding hydrogens is 170 g/mol. The fraction of sp³-hybridized carbons (Fsp3) is 0.222. The van der Waals surface area contributed by atoms with E-state index in [0.29, 0.717) is 17.1 Å². The predicted octanol–water partition coefficient (Wildman–Crippen LogP) is 0.775. The van der Waals surface area contributed by atoms with Gasteiger partial charge in [-0.25, -0.2) is 0 Å². The lowest BCUT2D eigenvalue weighted by Gasteiger charge is -2.17. The number of rotatable bonds is 1. The Morgan fingerprint density at radius 2 is 2.38 bits per heavy atom. The Kier molecular flexibility index (Phi) is 1.81. The summed E-state index contributed by atoms with van der Waals surface area (Å²) in [5.41, 5.74) is 0.548. The van der Waals surface area contributed by atoms with Crippen molar-refractivity contribution in [3.63, 3.8) is 0 Å². The highest BCUT2D eigenvalue weighted by Crippen LogP contribution is 2.26. The highest BCUT2D eigenvalue weighted by molar-refractivity contribution is 5.97. The zero-order chi connectivity index (χ0) is 9.26. The minimum atomic E-state index is -0.107. The summed E-state index contributed by atoms with van der Waals surface area (Å²) in [5.74, 6) is 1.15. The molecule has 0 saturated carbocycles. The third kappa shape index (κ3) is 1.30. The van der Waals surface area contributed by atoms with Gasteiger partial charge < -0.3 is 14.8 Å². The number of hydrogen-bond donors (Lipinski definition) is 1. The van der Waals surface area contributed by atoms with Gasteiger partial charge in [-0.15, -0.1) is 0 Å². The maximum atomic E-state index is 11.3.